The standard InChI is InChI=1S/C14H16N4O/c1-3-15-13-11-5-4-10(6-12(11)17-14(13)19)18-8-9(2)7-16-18/h4-8,13,15H,3H2,1-2H3,(H,17,19). The average molecular weight is 256 g/mol. The van der Waals surface area contributed by atoms with E-state index in [0.717, 1.165) is 29.0 Å². The first kappa shape index (κ1) is 11.9. The van der Waals surface area contributed by atoms with Crippen LogP contribution in [0.4, 0.5) is 5.69 Å². The molecule has 5 heteroatoms. The number of nitrogens with one attached hydrogen (secondary N) is 2. The highest BCUT2D eigenvalue weighted by Gasteiger charge is 2.29. The van der Waals surface area contributed by atoms with E-state index in [1.807, 2.05) is 49.1 Å². The minimum absolute atomic E-state index is 0.00523. The summed E-state index contributed by atoms with van der Waals surface area (Å²) in [6, 6.07) is 5.67. The summed E-state index contributed by atoms with van der Waals surface area (Å²) in [5.74, 6) is 0.00523. The smallest absolute Gasteiger partial charge is 0.246 e. The highest BCUT2D eigenvalue weighted by Crippen LogP contribution is 2.32. The van der Waals surface area contributed by atoms with Gasteiger partial charge in [-0.25, -0.2) is 4.68 Å². The highest BCUT2D eigenvalue weighted by atomic mass is 16.2. The summed E-state index contributed by atoms with van der Waals surface area (Å²) in [6.07, 6.45) is 3.77. The van der Waals surface area contributed by atoms with E-state index >= 15 is 0 Å². The monoisotopic (exact) mass is 256 g/mol. The summed E-state index contributed by atoms with van der Waals surface area (Å²) in [5.41, 5.74) is 3.92. The summed E-state index contributed by atoms with van der Waals surface area (Å²) in [6.45, 7) is 4.75. The van der Waals surface area contributed by atoms with Gasteiger partial charge in [0.25, 0.3) is 0 Å². The Morgan fingerprint density at radius 3 is 3.00 bits per heavy atom. The van der Waals surface area contributed by atoms with E-state index in [1.165, 1.54) is 0 Å². The van der Waals surface area contributed by atoms with Gasteiger partial charge in [0.1, 0.15) is 6.04 Å². The Labute approximate surface area is 111 Å². The Hall–Kier alpha value is -2.14. The van der Waals surface area contributed by atoms with Crippen molar-refractivity contribution in [1.29, 1.82) is 0 Å². The van der Waals surface area contributed by atoms with Crippen LogP contribution in [0.25, 0.3) is 5.69 Å². The number of fused-ring (bicyclic) bond motifs is 1. The van der Waals surface area contributed by atoms with Gasteiger partial charge in [-0.1, -0.05) is 13.0 Å². The molecule has 1 amide bonds. The molecular formula is C14H16N4O. The fourth-order valence-electron chi connectivity index (χ4n) is 2.35. The van der Waals surface area contributed by atoms with Crippen LogP contribution in [-0.2, 0) is 4.79 Å². The zero-order valence-corrected chi connectivity index (χ0v) is 11.0. The van der Waals surface area contributed by atoms with Gasteiger partial charge < -0.3 is 10.6 Å². The fourth-order valence-corrected chi connectivity index (χ4v) is 2.35. The topological polar surface area (TPSA) is 59.0 Å². The number of anilines is 1. The van der Waals surface area contributed by atoms with Gasteiger partial charge in [0.15, 0.2) is 0 Å². The van der Waals surface area contributed by atoms with E-state index in [0.29, 0.717) is 0 Å². The molecule has 0 aliphatic carbocycles. The molecule has 0 saturated heterocycles. The van der Waals surface area contributed by atoms with E-state index in [4.69, 9.17) is 0 Å². The fraction of sp³-hybridized carbons (Fsp3) is 0.286. The van der Waals surface area contributed by atoms with E-state index in [2.05, 4.69) is 15.7 Å². The molecule has 0 bridgehead atoms. The number of benzene rings is 1. The number of carbonyl (C=O) groups is 1. The van der Waals surface area contributed by atoms with Crippen molar-refractivity contribution in [2.24, 2.45) is 0 Å². The zero-order valence-electron chi connectivity index (χ0n) is 11.0. The molecule has 1 unspecified atom stereocenters. The zero-order chi connectivity index (χ0) is 13.4. The van der Waals surface area contributed by atoms with Crippen LogP contribution in [0.15, 0.2) is 30.6 Å². The summed E-state index contributed by atoms with van der Waals surface area (Å²) < 4.78 is 1.81. The molecule has 5 nitrogen and oxygen atoms in total. The van der Waals surface area contributed by atoms with Crippen molar-refractivity contribution in [1.82, 2.24) is 15.1 Å². The summed E-state index contributed by atoms with van der Waals surface area (Å²) in [5, 5.41) is 10.4. The number of likely N-dealkylation sites (N-methyl/N-ethyl adjacent to an activating group) is 1. The molecule has 3 rings (SSSR count). The Morgan fingerprint density at radius 2 is 2.32 bits per heavy atom. The lowest BCUT2D eigenvalue weighted by Gasteiger charge is -2.09. The van der Waals surface area contributed by atoms with Gasteiger partial charge in [-0.15, -0.1) is 0 Å². The van der Waals surface area contributed by atoms with Gasteiger partial charge in [-0.05, 0) is 31.2 Å². The second-order valence-electron chi connectivity index (χ2n) is 4.71. The lowest BCUT2D eigenvalue weighted by atomic mass is 10.1. The number of nitrogens with zero attached hydrogens (tertiary/aromatic N) is 2. The minimum Gasteiger partial charge on any atom is -0.324 e. The molecule has 98 valence electrons. The van der Waals surface area contributed by atoms with Gasteiger partial charge in [-0.3, -0.25) is 4.79 Å². The first-order valence-corrected chi connectivity index (χ1v) is 6.39. The van der Waals surface area contributed by atoms with Crippen molar-refractivity contribution < 1.29 is 4.79 Å². The summed E-state index contributed by atoms with van der Waals surface area (Å²) in [7, 11) is 0. The number of carbonyl (C=O) groups excluding carboxylic acids is 1. The first-order valence-electron chi connectivity index (χ1n) is 6.39. The molecule has 2 aromatic rings. The maximum atomic E-state index is 11.9. The van der Waals surface area contributed by atoms with Crippen molar-refractivity contribution in [2.45, 2.75) is 19.9 Å². The maximum absolute atomic E-state index is 11.9. The number of aryl methyl sites for hydroxylation is 1. The average Bonchev–Trinajstić information content (AvgIpc) is 2.94. The first-order chi connectivity index (χ1) is 9.19. The van der Waals surface area contributed by atoms with E-state index < -0.39 is 0 Å². The molecule has 1 aromatic heterocycles. The molecule has 0 spiro atoms. The van der Waals surface area contributed by atoms with Crippen LogP contribution < -0.4 is 10.6 Å². The number of aromatic nitrogens is 2. The third-order valence-corrected chi connectivity index (χ3v) is 3.25. The van der Waals surface area contributed by atoms with Gasteiger partial charge in [0, 0.05) is 17.4 Å². The van der Waals surface area contributed by atoms with Crippen LogP contribution in [-0.4, -0.2) is 22.2 Å². The Morgan fingerprint density at radius 1 is 1.47 bits per heavy atom. The molecular weight excluding hydrogens is 240 g/mol. The summed E-state index contributed by atoms with van der Waals surface area (Å²) in [4.78, 5) is 11.9. The molecule has 1 aromatic carbocycles. The maximum Gasteiger partial charge on any atom is 0.246 e. The quantitative estimate of drug-likeness (QED) is 0.880. The van der Waals surface area contributed by atoms with Crippen LogP contribution in [0.1, 0.15) is 24.1 Å². The number of amides is 1. The lowest BCUT2D eigenvalue weighted by molar-refractivity contribution is -0.117. The van der Waals surface area contributed by atoms with Crippen molar-refractivity contribution in [3.05, 3.63) is 41.7 Å². The molecule has 2 heterocycles. The third-order valence-electron chi connectivity index (χ3n) is 3.25. The molecule has 0 fully saturated rings. The van der Waals surface area contributed by atoms with Crippen molar-refractivity contribution in [3.8, 4) is 5.69 Å². The van der Waals surface area contributed by atoms with E-state index in [9.17, 15) is 4.79 Å². The number of rotatable bonds is 3. The van der Waals surface area contributed by atoms with Crippen molar-refractivity contribution in [2.75, 3.05) is 11.9 Å². The second-order valence-corrected chi connectivity index (χ2v) is 4.71. The molecule has 19 heavy (non-hydrogen) atoms. The van der Waals surface area contributed by atoms with Gasteiger partial charge >= 0.3 is 0 Å². The number of hydrogen-bond donors (Lipinski definition) is 2. The van der Waals surface area contributed by atoms with Crippen LogP contribution >= 0.6 is 0 Å². The molecule has 1 aliphatic heterocycles. The molecule has 1 aliphatic rings. The third kappa shape index (κ3) is 2.02. The predicted molar refractivity (Wildman–Crippen MR) is 73.3 cm³/mol. The molecule has 1 atom stereocenters. The van der Waals surface area contributed by atoms with Gasteiger partial charge in [0.2, 0.25) is 5.91 Å². The normalized spacial score (nSPS) is 17.4. The lowest BCUT2D eigenvalue weighted by Crippen LogP contribution is -2.27. The highest BCUT2D eigenvalue weighted by molar-refractivity contribution is 6.02. The van der Waals surface area contributed by atoms with Gasteiger partial charge in [0.05, 0.1) is 11.9 Å². The predicted octanol–water partition coefficient (Wildman–Crippen LogP) is 1.78. The largest absolute Gasteiger partial charge is 0.324 e. The molecule has 0 radical (unpaired) electrons. The Kier molecular flexibility index (Phi) is 2.83. The molecule has 2 N–H and O–H groups in total. The Balaban J connectivity index is 1.98. The summed E-state index contributed by atoms with van der Waals surface area (Å²) >= 11 is 0. The van der Waals surface area contributed by atoms with Crippen molar-refractivity contribution >= 4 is 11.6 Å². The second kappa shape index (κ2) is 4.51. The van der Waals surface area contributed by atoms with Crippen LogP contribution in [0, 0.1) is 6.92 Å². The van der Waals surface area contributed by atoms with Crippen LogP contribution in [0.2, 0.25) is 0 Å². The van der Waals surface area contributed by atoms with Crippen LogP contribution in [0.3, 0.4) is 0 Å². The number of hydrogen-bond acceptors (Lipinski definition) is 3. The van der Waals surface area contributed by atoms with Crippen LogP contribution in [0.5, 0.6) is 0 Å². The SMILES string of the molecule is CCNC1C(=O)Nc2cc(-n3cc(C)cn3)ccc21. The van der Waals surface area contributed by atoms with E-state index in [-0.39, 0.29) is 11.9 Å². The minimum atomic E-state index is -0.242. The Bertz CT molecular complexity index is 632. The molecule has 0 saturated carbocycles. The van der Waals surface area contributed by atoms with E-state index in [1.54, 1.807) is 0 Å². The van der Waals surface area contributed by atoms with Crippen molar-refractivity contribution in [3.63, 3.8) is 0 Å². The van der Waals surface area contributed by atoms with Gasteiger partial charge in [-0.2, -0.15) is 5.10 Å².